The van der Waals surface area contributed by atoms with Gasteiger partial charge in [-0.05, 0) is 52.7 Å². The van der Waals surface area contributed by atoms with Gasteiger partial charge in [-0.3, -0.25) is 9.08 Å². The number of carbonyl (C=O) groups is 1. The van der Waals surface area contributed by atoms with Crippen LogP contribution in [0.2, 0.25) is 0 Å². The van der Waals surface area contributed by atoms with Crippen LogP contribution in [0.5, 0.6) is 0 Å². The smallest absolute Gasteiger partial charge is 0.411 e. The molecule has 1 aliphatic heterocycles. The Morgan fingerprint density at radius 3 is 2.42 bits per heavy atom. The van der Waals surface area contributed by atoms with Crippen LogP contribution in [0.25, 0.3) is 0 Å². The second-order valence-corrected chi connectivity index (χ2v) is 9.09. The minimum Gasteiger partial charge on any atom is -0.444 e. The molecule has 7 heteroatoms. The summed E-state index contributed by atoms with van der Waals surface area (Å²) in [6.45, 7) is 10.9. The van der Waals surface area contributed by atoms with Gasteiger partial charge < -0.3 is 4.74 Å². The second-order valence-electron chi connectivity index (χ2n) is 7.47. The SMILES string of the molecule is C=C[C@H]1CC[C@@H](COS(=O)(=O)c2ccc(C)cc2)N1C(=O)OC(C)(C)C. The first kappa shape index (κ1) is 20.5. The van der Waals surface area contributed by atoms with Crippen molar-refractivity contribution in [2.75, 3.05) is 6.61 Å². The third-order valence-corrected chi connectivity index (χ3v) is 5.44. The summed E-state index contributed by atoms with van der Waals surface area (Å²) < 4.78 is 35.4. The zero-order valence-electron chi connectivity index (χ0n) is 15.8. The number of likely N-dealkylation sites (tertiary alicyclic amines) is 1. The normalized spacial score (nSPS) is 20.8. The highest BCUT2D eigenvalue weighted by Crippen LogP contribution is 2.28. The predicted octanol–water partition coefficient (Wildman–Crippen LogP) is 3.65. The maximum Gasteiger partial charge on any atom is 0.411 e. The topological polar surface area (TPSA) is 72.9 Å². The lowest BCUT2D eigenvalue weighted by atomic mass is 10.2. The van der Waals surface area contributed by atoms with Gasteiger partial charge in [0.2, 0.25) is 0 Å². The van der Waals surface area contributed by atoms with Gasteiger partial charge in [0.1, 0.15) is 5.60 Å². The number of hydrogen-bond donors (Lipinski definition) is 0. The van der Waals surface area contributed by atoms with E-state index in [1.807, 2.05) is 6.92 Å². The molecule has 1 aliphatic rings. The van der Waals surface area contributed by atoms with Crippen LogP contribution in [0, 0.1) is 6.92 Å². The average Bonchev–Trinajstić information content (AvgIpc) is 2.95. The van der Waals surface area contributed by atoms with E-state index in [0.29, 0.717) is 12.8 Å². The van der Waals surface area contributed by atoms with E-state index >= 15 is 0 Å². The van der Waals surface area contributed by atoms with Crippen LogP contribution in [-0.2, 0) is 19.0 Å². The van der Waals surface area contributed by atoms with E-state index in [9.17, 15) is 13.2 Å². The molecule has 0 aromatic heterocycles. The molecule has 1 fully saturated rings. The van der Waals surface area contributed by atoms with Gasteiger partial charge in [-0.2, -0.15) is 8.42 Å². The van der Waals surface area contributed by atoms with Gasteiger partial charge in [0.15, 0.2) is 0 Å². The van der Waals surface area contributed by atoms with Crippen molar-refractivity contribution in [2.45, 2.75) is 63.1 Å². The van der Waals surface area contributed by atoms with E-state index in [4.69, 9.17) is 8.92 Å². The van der Waals surface area contributed by atoms with E-state index in [2.05, 4.69) is 6.58 Å². The van der Waals surface area contributed by atoms with Crippen LogP contribution < -0.4 is 0 Å². The molecule has 0 spiro atoms. The minimum absolute atomic E-state index is 0.102. The quantitative estimate of drug-likeness (QED) is 0.575. The molecule has 26 heavy (non-hydrogen) atoms. The van der Waals surface area contributed by atoms with Gasteiger partial charge in [0.25, 0.3) is 10.1 Å². The van der Waals surface area contributed by atoms with Gasteiger partial charge in [-0.1, -0.05) is 23.8 Å². The van der Waals surface area contributed by atoms with Gasteiger partial charge in [-0.15, -0.1) is 6.58 Å². The van der Waals surface area contributed by atoms with Gasteiger partial charge in [-0.25, -0.2) is 4.79 Å². The Bertz CT molecular complexity index is 749. The highest BCUT2D eigenvalue weighted by molar-refractivity contribution is 7.86. The zero-order valence-corrected chi connectivity index (χ0v) is 16.6. The Labute approximate surface area is 155 Å². The standard InChI is InChI=1S/C19H27NO5S/c1-6-15-9-10-16(20(15)18(21)25-19(3,4)5)13-24-26(22,23)17-11-7-14(2)8-12-17/h6-8,11-12,15-16H,1,9-10,13H2,2-5H3/t15-,16-/m0/s1. The maximum absolute atomic E-state index is 12.5. The van der Waals surface area contributed by atoms with Gasteiger partial charge in [0.05, 0.1) is 23.6 Å². The van der Waals surface area contributed by atoms with Crippen molar-refractivity contribution in [3.8, 4) is 0 Å². The summed E-state index contributed by atoms with van der Waals surface area (Å²) in [5.41, 5.74) is 0.329. The van der Waals surface area contributed by atoms with Crippen LogP contribution in [0.1, 0.15) is 39.2 Å². The summed E-state index contributed by atoms with van der Waals surface area (Å²) >= 11 is 0. The van der Waals surface area contributed by atoms with E-state index in [1.54, 1.807) is 39.0 Å². The fourth-order valence-corrected chi connectivity index (χ4v) is 3.79. The molecular weight excluding hydrogens is 354 g/mol. The number of amides is 1. The number of aryl methyl sites for hydroxylation is 1. The van der Waals surface area contributed by atoms with Crippen molar-refractivity contribution in [1.29, 1.82) is 0 Å². The first-order valence-electron chi connectivity index (χ1n) is 8.63. The lowest BCUT2D eigenvalue weighted by Gasteiger charge is -2.31. The molecule has 0 bridgehead atoms. The fourth-order valence-electron chi connectivity index (χ4n) is 2.85. The molecule has 1 saturated heterocycles. The summed E-state index contributed by atoms with van der Waals surface area (Å²) in [7, 11) is -3.88. The van der Waals surface area contributed by atoms with Crippen molar-refractivity contribution >= 4 is 16.2 Å². The van der Waals surface area contributed by atoms with Crippen LogP contribution in [0.3, 0.4) is 0 Å². The van der Waals surface area contributed by atoms with E-state index in [1.165, 1.54) is 17.0 Å². The summed E-state index contributed by atoms with van der Waals surface area (Å²) in [6.07, 6.45) is 2.51. The largest absolute Gasteiger partial charge is 0.444 e. The van der Waals surface area contributed by atoms with Crippen molar-refractivity contribution < 1.29 is 22.1 Å². The Kier molecular flexibility index (Phi) is 6.13. The molecule has 1 amide bonds. The lowest BCUT2D eigenvalue weighted by Crippen LogP contribution is -2.45. The van der Waals surface area contributed by atoms with Crippen molar-refractivity contribution in [3.63, 3.8) is 0 Å². The number of rotatable bonds is 5. The number of nitrogens with zero attached hydrogens (tertiary/aromatic N) is 1. The molecule has 1 heterocycles. The highest BCUT2D eigenvalue weighted by Gasteiger charge is 2.38. The molecule has 1 aromatic carbocycles. The molecule has 0 saturated carbocycles. The Balaban J connectivity index is 2.10. The van der Waals surface area contributed by atoms with Crippen molar-refractivity contribution in [3.05, 3.63) is 42.5 Å². The Morgan fingerprint density at radius 2 is 1.88 bits per heavy atom. The first-order valence-corrected chi connectivity index (χ1v) is 10.0. The Hall–Kier alpha value is -1.86. The number of carbonyl (C=O) groups excluding carboxylic acids is 1. The van der Waals surface area contributed by atoms with E-state index < -0.39 is 21.8 Å². The second kappa shape index (κ2) is 7.80. The summed E-state index contributed by atoms with van der Waals surface area (Å²) in [5, 5.41) is 0. The lowest BCUT2D eigenvalue weighted by molar-refractivity contribution is 0.0140. The van der Waals surface area contributed by atoms with Crippen LogP contribution in [0.15, 0.2) is 41.8 Å². The molecular formula is C19H27NO5S. The van der Waals surface area contributed by atoms with Crippen molar-refractivity contribution in [2.24, 2.45) is 0 Å². The summed E-state index contributed by atoms with van der Waals surface area (Å²) in [5.74, 6) is 0. The number of benzene rings is 1. The number of hydrogen-bond acceptors (Lipinski definition) is 5. The molecule has 0 unspecified atom stereocenters. The van der Waals surface area contributed by atoms with Crippen LogP contribution >= 0.6 is 0 Å². The van der Waals surface area contributed by atoms with Crippen LogP contribution in [-0.4, -0.2) is 43.7 Å². The predicted molar refractivity (Wildman–Crippen MR) is 99.4 cm³/mol. The third kappa shape index (κ3) is 5.08. The number of ether oxygens (including phenoxy) is 1. The average molecular weight is 381 g/mol. The summed E-state index contributed by atoms with van der Waals surface area (Å²) in [6, 6.07) is 5.88. The Morgan fingerprint density at radius 1 is 1.27 bits per heavy atom. The van der Waals surface area contributed by atoms with Crippen LogP contribution in [0.4, 0.5) is 4.79 Å². The minimum atomic E-state index is -3.88. The van der Waals surface area contributed by atoms with Crippen molar-refractivity contribution in [1.82, 2.24) is 4.90 Å². The summed E-state index contributed by atoms with van der Waals surface area (Å²) in [4.78, 5) is 14.2. The molecule has 6 nitrogen and oxygen atoms in total. The zero-order chi connectivity index (χ0) is 19.5. The molecule has 0 aliphatic carbocycles. The van der Waals surface area contributed by atoms with E-state index in [0.717, 1.165) is 5.56 Å². The monoisotopic (exact) mass is 381 g/mol. The molecule has 2 rings (SSSR count). The molecule has 0 radical (unpaired) electrons. The van der Waals surface area contributed by atoms with Gasteiger partial charge >= 0.3 is 6.09 Å². The molecule has 0 N–H and O–H groups in total. The third-order valence-electron chi connectivity index (χ3n) is 4.15. The molecule has 1 aromatic rings. The molecule has 144 valence electrons. The maximum atomic E-state index is 12.5. The first-order chi connectivity index (χ1) is 12.0. The highest BCUT2D eigenvalue weighted by atomic mass is 32.2. The van der Waals surface area contributed by atoms with Gasteiger partial charge in [0, 0.05) is 0 Å². The molecule has 2 atom stereocenters. The fraction of sp³-hybridized carbons (Fsp3) is 0.526. The van der Waals surface area contributed by atoms with E-state index in [-0.39, 0.29) is 23.6 Å².